The Hall–Kier alpha value is -0.0800. The molecule has 0 amide bonds. The van der Waals surface area contributed by atoms with E-state index in [1.807, 2.05) is 0 Å². The van der Waals surface area contributed by atoms with Crippen LogP contribution in [-0.2, 0) is 4.74 Å². The van der Waals surface area contributed by atoms with Gasteiger partial charge in [0, 0.05) is 12.0 Å². The molecule has 0 aromatic rings. The van der Waals surface area contributed by atoms with Gasteiger partial charge in [-0.1, -0.05) is 27.2 Å². The third-order valence-electron chi connectivity index (χ3n) is 9.33. The number of rotatable bonds is 1. The minimum atomic E-state index is 0.164. The molecule has 0 radical (unpaired) electrons. The molecule has 2 unspecified atom stereocenters. The second-order valence-corrected chi connectivity index (χ2v) is 10.4. The highest BCUT2D eigenvalue weighted by Gasteiger charge is 2.77. The van der Waals surface area contributed by atoms with Gasteiger partial charge in [-0.25, -0.2) is 0 Å². The standard InChI is InChI=1S/C20H32O2/c1-17-9-5-14-19(3)8-4-7-18(2,12-21)13(19)6-10-20(14,11-17)16-15(17)22-16/h13-16,21H,4-12H2,1-3H3/t13-,14+,15?,16?,17-,18+,19-,20-/m1/s1. The summed E-state index contributed by atoms with van der Waals surface area (Å²) in [6, 6.07) is 0. The number of fused-ring (bicyclic) bond motifs is 5. The molecule has 2 bridgehead atoms. The van der Waals surface area contributed by atoms with E-state index in [0.717, 1.165) is 11.8 Å². The van der Waals surface area contributed by atoms with Crippen LogP contribution < -0.4 is 0 Å². The van der Waals surface area contributed by atoms with Crippen LogP contribution in [0.1, 0.15) is 72.1 Å². The van der Waals surface area contributed by atoms with E-state index in [2.05, 4.69) is 20.8 Å². The highest BCUT2D eigenvalue weighted by atomic mass is 16.6. The Kier molecular flexibility index (Phi) is 2.56. The molecule has 2 nitrogen and oxygen atoms in total. The molecule has 1 aliphatic heterocycles. The van der Waals surface area contributed by atoms with E-state index in [4.69, 9.17) is 4.74 Å². The average molecular weight is 304 g/mol. The number of hydrogen-bond donors (Lipinski definition) is 1. The molecule has 4 saturated carbocycles. The van der Waals surface area contributed by atoms with Gasteiger partial charge in [-0.05, 0) is 73.0 Å². The molecule has 5 fully saturated rings. The molecule has 5 rings (SSSR count). The summed E-state index contributed by atoms with van der Waals surface area (Å²) >= 11 is 0. The summed E-state index contributed by atoms with van der Waals surface area (Å²) in [5, 5.41) is 10.1. The van der Waals surface area contributed by atoms with Crippen LogP contribution in [0, 0.1) is 33.5 Å². The molecule has 1 heterocycles. The molecular weight excluding hydrogens is 272 g/mol. The first-order chi connectivity index (χ1) is 10.4. The van der Waals surface area contributed by atoms with E-state index in [-0.39, 0.29) is 5.41 Å². The molecule has 8 atom stereocenters. The van der Waals surface area contributed by atoms with Gasteiger partial charge in [0.15, 0.2) is 0 Å². The second kappa shape index (κ2) is 3.94. The van der Waals surface area contributed by atoms with Crippen LogP contribution in [0.2, 0.25) is 0 Å². The molecule has 1 N–H and O–H groups in total. The van der Waals surface area contributed by atoms with Crippen molar-refractivity contribution in [3.8, 4) is 0 Å². The Morgan fingerprint density at radius 3 is 2.50 bits per heavy atom. The highest BCUT2D eigenvalue weighted by Crippen LogP contribution is 2.77. The topological polar surface area (TPSA) is 32.8 Å². The molecule has 22 heavy (non-hydrogen) atoms. The minimum absolute atomic E-state index is 0.164. The van der Waals surface area contributed by atoms with Crippen LogP contribution in [0.4, 0.5) is 0 Å². The molecule has 1 spiro atoms. The molecule has 124 valence electrons. The summed E-state index contributed by atoms with van der Waals surface area (Å²) in [4.78, 5) is 0. The quantitative estimate of drug-likeness (QED) is 0.738. The maximum atomic E-state index is 10.1. The van der Waals surface area contributed by atoms with Crippen molar-refractivity contribution >= 4 is 0 Å². The van der Waals surface area contributed by atoms with Gasteiger partial charge in [0.05, 0.1) is 12.2 Å². The predicted molar refractivity (Wildman–Crippen MR) is 86.4 cm³/mol. The van der Waals surface area contributed by atoms with Crippen molar-refractivity contribution < 1.29 is 9.84 Å². The van der Waals surface area contributed by atoms with Crippen molar-refractivity contribution in [1.82, 2.24) is 0 Å². The molecule has 0 aromatic heterocycles. The molecule has 1 saturated heterocycles. The first kappa shape index (κ1) is 14.3. The number of aliphatic hydroxyl groups is 1. The summed E-state index contributed by atoms with van der Waals surface area (Å²) in [5.41, 5.74) is 1.59. The lowest BCUT2D eigenvalue weighted by molar-refractivity contribution is -0.181. The average Bonchev–Trinajstić information content (AvgIpc) is 3.25. The van der Waals surface area contributed by atoms with Gasteiger partial charge in [-0.15, -0.1) is 0 Å². The molecule has 2 heteroatoms. The summed E-state index contributed by atoms with van der Waals surface area (Å²) < 4.78 is 6.24. The van der Waals surface area contributed by atoms with E-state index in [9.17, 15) is 5.11 Å². The van der Waals surface area contributed by atoms with Crippen LogP contribution in [0.3, 0.4) is 0 Å². The summed E-state index contributed by atoms with van der Waals surface area (Å²) in [7, 11) is 0. The van der Waals surface area contributed by atoms with Crippen LogP contribution >= 0.6 is 0 Å². The molecular formula is C20H32O2. The van der Waals surface area contributed by atoms with Crippen LogP contribution in [0.15, 0.2) is 0 Å². The number of aliphatic hydroxyl groups excluding tert-OH is 1. The summed E-state index contributed by atoms with van der Waals surface area (Å²) in [6.07, 6.45) is 12.0. The van der Waals surface area contributed by atoms with E-state index >= 15 is 0 Å². The Morgan fingerprint density at radius 2 is 1.73 bits per heavy atom. The Morgan fingerprint density at radius 1 is 0.955 bits per heavy atom. The third kappa shape index (κ3) is 1.42. The Bertz CT molecular complexity index is 518. The van der Waals surface area contributed by atoms with Gasteiger partial charge in [0.25, 0.3) is 0 Å². The Balaban J connectivity index is 1.57. The lowest BCUT2D eigenvalue weighted by atomic mass is 9.40. The first-order valence-corrected chi connectivity index (χ1v) is 9.64. The normalized spacial score (nSPS) is 65.5. The lowest BCUT2D eigenvalue weighted by Gasteiger charge is -2.65. The van der Waals surface area contributed by atoms with E-state index in [1.165, 1.54) is 51.4 Å². The SMILES string of the molecule is C[C@@]12CC[C@@H]3[C@@](CC[C@@H]4[C@](C)(CO)CCC[C@]43C)(C1)C1OC12. The maximum absolute atomic E-state index is 10.1. The van der Waals surface area contributed by atoms with Gasteiger partial charge in [0.1, 0.15) is 0 Å². The number of hydrogen-bond acceptors (Lipinski definition) is 2. The smallest absolute Gasteiger partial charge is 0.0906 e. The van der Waals surface area contributed by atoms with Gasteiger partial charge in [-0.3, -0.25) is 0 Å². The van der Waals surface area contributed by atoms with Gasteiger partial charge in [-0.2, -0.15) is 0 Å². The third-order valence-corrected chi connectivity index (χ3v) is 9.33. The van der Waals surface area contributed by atoms with Crippen molar-refractivity contribution in [2.24, 2.45) is 33.5 Å². The minimum Gasteiger partial charge on any atom is -0.396 e. The zero-order valence-corrected chi connectivity index (χ0v) is 14.5. The summed E-state index contributed by atoms with van der Waals surface area (Å²) in [5.74, 6) is 1.56. The van der Waals surface area contributed by atoms with Crippen LogP contribution in [0.5, 0.6) is 0 Å². The lowest BCUT2D eigenvalue weighted by Crippen LogP contribution is -2.59. The van der Waals surface area contributed by atoms with Crippen LogP contribution in [-0.4, -0.2) is 23.9 Å². The summed E-state index contributed by atoms with van der Waals surface area (Å²) in [6.45, 7) is 7.84. The van der Waals surface area contributed by atoms with Gasteiger partial charge in [0.2, 0.25) is 0 Å². The maximum Gasteiger partial charge on any atom is 0.0906 e. The fraction of sp³-hybridized carbons (Fsp3) is 1.00. The van der Waals surface area contributed by atoms with E-state index in [1.54, 1.807) is 0 Å². The van der Waals surface area contributed by atoms with Crippen molar-refractivity contribution in [2.45, 2.75) is 84.3 Å². The van der Waals surface area contributed by atoms with Crippen molar-refractivity contribution in [1.29, 1.82) is 0 Å². The van der Waals surface area contributed by atoms with E-state index < -0.39 is 0 Å². The monoisotopic (exact) mass is 304 g/mol. The predicted octanol–water partition coefficient (Wildman–Crippen LogP) is 4.16. The zero-order chi connectivity index (χ0) is 15.4. The fourth-order valence-electron chi connectivity index (χ4n) is 8.45. The largest absolute Gasteiger partial charge is 0.396 e. The number of epoxide rings is 1. The van der Waals surface area contributed by atoms with E-state index in [0.29, 0.717) is 35.1 Å². The fourth-order valence-corrected chi connectivity index (χ4v) is 8.45. The molecule has 4 aliphatic carbocycles. The van der Waals surface area contributed by atoms with Crippen LogP contribution in [0.25, 0.3) is 0 Å². The van der Waals surface area contributed by atoms with Gasteiger partial charge < -0.3 is 9.84 Å². The van der Waals surface area contributed by atoms with Crippen molar-refractivity contribution in [2.75, 3.05) is 6.61 Å². The highest BCUT2D eigenvalue weighted by molar-refractivity contribution is 5.25. The zero-order valence-electron chi connectivity index (χ0n) is 14.5. The van der Waals surface area contributed by atoms with Gasteiger partial charge >= 0.3 is 0 Å². The number of ether oxygens (including phenoxy) is 1. The Labute approximate surface area is 135 Å². The molecule has 0 aromatic carbocycles. The van der Waals surface area contributed by atoms with Crippen molar-refractivity contribution in [3.63, 3.8) is 0 Å². The second-order valence-electron chi connectivity index (χ2n) is 10.4. The molecule has 5 aliphatic rings. The van der Waals surface area contributed by atoms with Crippen molar-refractivity contribution in [3.05, 3.63) is 0 Å². The first-order valence-electron chi connectivity index (χ1n) is 9.64.